The molecule has 1 atom stereocenters. The van der Waals surface area contributed by atoms with Crippen molar-refractivity contribution in [2.45, 2.75) is 26.8 Å². The summed E-state index contributed by atoms with van der Waals surface area (Å²) < 4.78 is 0. The number of nitrogens with two attached hydrogens (primary N) is 1. The first-order chi connectivity index (χ1) is 6.11. The molecule has 1 amide bonds. The lowest BCUT2D eigenvalue weighted by Gasteiger charge is -2.18. The van der Waals surface area contributed by atoms with Crippen LogP contribution in [-0.4, -0.2) is 41.4 Å². The van der Waals surface area contributed by atoms with Crippen LogP contribution in [0.3, 0.4) is 0 Å². The molecule has 0 aliphatic carbocycles. The maximum atomic E-state index is 11.5. The Bertz CT molecular complexity index is 147. The number of thioether (sulfide) groups is 1. The predicted molar refractivity (Wildman–Crippen MR) is 58.9 cm³/mol. The Kier molecular flexibility index (Phi) is 7.09. The molecule has 0 spiro atoms. The summed E-state index contributed by atoms with van der Waals surface area (Å²) >= 11 is 1.61. The van der Waals surface area contributed by atoms with E-state index in [4.69, 9.17) is 5.73 Å². The molecule has 0 rings (SSSR count). The van der Waals surface area contributed by atoms with Crippen molar-refractivity contribution in [3.8, 4) is 0 Å². The van der Waals surface area contributed by atoms with Crippen LogP contribution in [0.25, 0.3) is 0 Å². The van der Waals surface area contributed by atoms with Gasteiger partial charge in [-0.2, -0.15) is 11.8 Å². The predicted octanol–water partition coefficient (Wildman–Crippen LogP) is 0.935. The molecule has 13 heavy (non-hydrogen) atoms. The van der Waals surface area contributed by atoms with Gasteiger partial charge in [-0.05, 0) is 20.8 Å². The van der Waals surface area contributed by atoms with Gasteiger partial charge in [0.25, 0.3) is 0 Å². The third kappa shape index (κ3) is 5.93. The zero-order valence-electron chi connectivity index (χ0n) is 8.75. The molecule has 4 heteroatoms. The number of rotatable bonds is 6. The lowest BCUT2D eigenvalue weighted by molar-refractivity contribution is -0.127. The summed E-state index contributed by atoms with van der Waals surface area (Å²) in [7, 11) is 0. The van der Waals surface area contributed by atoms with Crippen LogP contribution in [0.4, 0.5) is 0 Å². The van der Waals surface area contributed by atoms with Gasteiger partial charge in [-0.3, -0.25) is 4.79 Å². The van der Waals surface area contributed by atoms with Crippen molar-refractivity contribution in [1.82, 2.24) is 4.90 Å². The van der Waals surface area contributed by atoms with Crippen molar-refractivity contribution in [2.24, 2.45) is 5.73 Å². The minimum atomic E-state index is 0.175. The van der Waals surface area contributed by atoms with Crippen LogP contribution in [0, 0.1) is 0 Å². The molecule has 0 aliphatic heterocycles. The van der Waals surface area contributed by atoms with Gasteiger partial charge in [0.2, 0.25) is 5.91 Å². The first kappa shape index (κ1) is 12.8. The summed E-state index contributed by atoms with van der Waals surface area (Å²) in [4.78, 5) is 13.3. The number of carbonyl (C=O) groups excluding carboxylic acids is 1. The zero-order valence-corrected chi connectivity index (χ0v) is 9.56. The Morgan fingerprint density at radius 1 is 1.46 bits per heavy atom. The van der Waals surface area contributed by atoms with Gasteiger partial charge >= 0.3 is 0 Å². The van der Waals surface area contributed by atoms with Crippen LogP contribution in [0.15, 0.2) is 0 Å². The SMILES string of the molecule is CCN(CC)C(=O)CSCC(C)N. The second kappa shape index (κ2) is 7.21. The standard InChI is InChI=1S/C9H20N2OS/c1-4-11(5-2)9(12)7-13-6-8(3)10/h8H,4-7,10H2,1-3H3. The normalized spacial score (nSPS) is 12.6. The fourth-order valence-corrected chi connectivity index (χ4v) is 1.85. The quantitative estimate of drug-likeness (QED) is 0.700. The maximum absolute atomic E-state index is 11.5. The van der Waals surface area contributed by atoms with Crippen molar-refractivity contribution >= 4 is 17.7 Å². The molecule has 0 heterocycles. The Balaban J connectivity index is 3.60. The van der Waals surface area contributed by atoms with Crippen LogP contribution in [0.1, 0.15) is 20.8 Å². The first-order valence-electron chi connectivity index (χ1n) is 4.72. The van der Waals surface area contributed by atoms with Crippen molar-refractivity contribution in [1.29, 1.82) is 0 Å². The summed E-state index contributed by atoms with van der Waals surface area (Å²) in [5.41, 5.74) is 5.57. The summed E-state index contributed by atoms with van der Waals surface area (Å²) in [6, 6.07) is 0.175. The minimum absolute atomic E-state index is 0.175. The van der Waals surface area contributed by atoms with E-state index in [9.17, 15) is 4.79 Å². The topological polar surface area (TPSA) is 46.3 Å². The Morgan fingerprint density at radius 3 is 2.38 bits per heavy atom. The monoisotopic (exact) mass is 204 g/mol. The van der Waals surface area contributed by atoms with Crippen LogP contribution < -0.4 is 5.73 Å². The summed E-state index contributed by atoms with van der Waals surface area (Å²) in [6.07, 6.45) is 0. The van der Waals surface area contributed by atoms with Crippen LogP contribution in [0.2, 0.25) is 0 Å². The van der Waals surface area contributed by atoms with Gasteiger partial charge in [0, 0.05) is 24.9 Å². The van der Waals surface area contributed by atoms with E-state index in [1.807, 2.05) is 25.7 Å². The van der Waals surface area contributed by atoms with Crippen LogP contribution in [0.5, 0.6) is 0 Å². The fourth-order valence-electron chi connectivity index (χ4n) is 1.000. The highest BCUT2D eigenvalue weighted by atomic mass is 32.2. The second-order valence-electron chi connectivity index (χ2n) is 3.06. The van der Waals surface area contributed by atoms with Gasteiger partial charge in [0.05, 0.1) is 5.75 Å². The third-order valence-corrected chi connectivity index (χ3v) is 2.93. The summed E-state index contributed by atoms with van der Waals surface area (Å²) in [5.74, 6) is 1.63. The van der Waals surface area contributed by atoms with Gasteiger partial charge in [-0.25, -0.2) is 0 Å². The van der Waals surface area contributed by atoms with E-state index in [0.717, 1.165) is 18.8 Å². The van der Waals surface area contributed by atoms with E-state index in [-0.39, 0.29) is 11.9 Å². The van der Waals surface area contributed by atoms with Crippen LogP contribution >= 0.6 is 11.8 Å². The second-order valence-corrected chi connectivity index (χ2v) is 4.09. The molecule has 2 N–H and O–H groups in total. The van der Waals surface area contributed by atoms with Crippen molar-refractivity contribution in [2.75, 3.05) is 24.6 Å². The zero-order chi connectivity index (χ0) is 10.3. The number of nitrogens with zero attached hydrogens (tertiary/aromatic N) is 1. The van der Waals surface area contributed by atoms with Crippen molar-refractivity contribution in [3.05, 3.63) is 0 Å². The van der Waals surface area contributed by atoms with Gasteiger partial charge in [0.1, 0.15) is 0 Å². The molecular formula is C9H20N2OS. The average Bonchev–Trinajstić information content (AvgIpc) is 2.05. The average molecular weight is 204 g/mol. The Morgan fingerprint density at radius 2 is 2.00 bits per heavy atom. The van der Waals surface area contributed by atoms with E-state index < -0.39 is 0 Å². The van der Waals surface area contributed by atoms with Gasteiger partial charge in [-0.1, -0.05) is 0 Å². The molecule has 1 unspecified atom stereocenters. The molecule has 0 aromatic carbocycles. The molecule has 0 aliphatic rings. The molecule has 3 nitrogen and oxygen atoms in total. The molecule has 0 saturated carbocycles. The lowest BCUT2D eigenvalue weighted by Crippen LogP contribution is -2.32. The van der Waals surface area contributed by atoms with Crippen LogP contribution in [-0.2, 0) is 4.79 Å². The highest BCUT2D eigenvalue weighted by Crippen LogP contribution is 2.03. The van der Waals surface area contributed by atoms with E-state index in [1.165, 1.54) is 0 Å². The lowest BCUT2D eigenvalue weighted by atomic mass is 10.4. The Labute approximate surface area is 85.0 Å². The molecular weight excluding hydrogens is 184 g/mol. The smallest absolute Gasteiger partial charge is 0.232 e. The largest absolute Gasteiger partial charge is 0.343 e. The first-order valence-corrected chi connectivity index (χ1v) is 5.88. The molecule has 0 bridgehead atoms. The summed E-state index contributed by atoms with van der Waals surface area (Å²) in [5, 5.41) is 0. The molecule has 0 saturated heterocycles. The van der Waals surface area contributed by atoms with Crippen molar-refractivity contribution in [3.63, 3.8) is 0 Å². The van der Waals surface area contributed by atoms with Gasteiger partial charge in [0.15, 0.2) is 0 Å². The Hall–Kier alpha value is -0.220. The molecule has 0 fully saturated rings. The summed E-state index contributed by atoms with van der Waals surface area (Å²) in [6.45, 7) is 7.55. The maximum Gasteiger partial charge on any atom is 0.232 e. The van der Waals surface area contributed by atoms with E-state index in [1.54, 1.807) is 11.8 Å². The minimum Gasteiger partial charge on any atom is -0.343 e. The molecule has 0 aromatic rings. The number of carbonyl (C=O) groups is 1. The number of amides is 1. The molecule has 78 valence electrons. The number of hydrogen-bond donors (Lipinski definition) is 1. The van der Waals surface area contributed by atoms with E-state index in [0.29, 0.717) is 5.75 Å². The molecule has 0 aromatic heterocycles. The molecule has 0 radical (unpaired) electrons. The number of hydrogen-bond acceptors (Lipinski definition) is 3. The van der Waals surface area contributed by atoms with Gasteiger partial charge < -0.3 is 10.6 Å². The van der Waals surface area contributed by atoms with Crippen molar-refractivity contribution < 1.29 is 4.79 Å². The highest BCUT2D eigenvalue weighted by Gasteiger charge is 2.08. The third-order valence-electron chi connectivity index (χ3n) is 1.72. The van der Waals surface area contributed by atoms with E-state index in [2.05, 4.69) is 0 Å². The fraction of sp³-hybridized carbons (Fsp3) is 0.889. The van der Waals surface area contributed by atoms with E-state index >= 15 is 0 Å². The van der Waals surface area contributed by atoms with Gasteiger partial charge in [-0.15, -0.1) is 0 Å². The highest BCUT2D eigenvalue weighted by molar-refractivity contribution is 7.99.